The summed E-state index contributed by atoms with van der Waals surface area (Å²) in [4.78, 5) is 10.9. The minimum Gasteiger partial charge on any atom is -0.295 e. The Morgan fingerprint density at radius 2 is 1.92 bits per heavy atom. The van der Waals surface area contributed by atoms with Crippen molar-refractivity contribution in [2.75, 3.05) is 0 Å². The average Bonchev–Trinajstić information content (AvgIpc) is 2.05. The summed E-state index contributed by atoms with van der Waals surface area (Å²) in [5.74, 6) is 0.140. The summed E-state index contributed by atoms with van der Waals surface area (Å²) in [6.45, 7) is 2.18. The van der Waals surface area contributed by atoms with E-state index in [1.165, 1.54) is 30.9 Å². The number of carbonyl (C=O) groups is 1. The van der Waals surface area contributed by atoms with Crippen LogP contribution in [0.3, 0.4) is 0 Å². The lowest BCUT2D eigenvalue weighted by Crippen LogP contribution is -1.91. The van der Waals surface area contributed by atoms with Gasteiger partial charge in [0.25, 0.3) is 0 Å². The Hall–Kier alpha value is -0.300. The van der Waals surface area contributed by atoms with E-state index < -0.39 is 0 Å². The largest absolute Gasteiger partial charge is 0.295 e. The van der Waals surface area contributed by atoms with E-state index in [2.05, 4.69) is 6.92 Å². The van der Waals surface area contributed by atoms with E-state index in [0.29, 0.717) is 6.42 Å². The molecule has 70 valence electrons. The van der Waals surface area contributed by atoms with Crippen LogP contribution in [0.1, 0.15) is 45.4 Å². The fourth-order valence-electron chi connectivity index (χ4n) is 1.06. The van der Waals surface area contributed by atoms with Crippen molar-refractivity contribution in [3.05, 3.63) is 11.6 Å². The van der Waals surface area contributed by atoms with Crippen molar-refractivity contribution >= 4 is 17.4 Å². The topological polar surface area (TPSA) is 17.1 Å². The molecule has 0 radical (unpaired) electrons. The molecule has 0 bridgehead atoms. The molecule has 0 aromatic heterocycles. The van der Waals surface area contributed by atoms with E-state index in [1.807, 2.05) is 0 Å². The highest BCUT2D eigenvalue weighted by Crippen LogP contribution is 2.05. The summed E-state index contributed by atoms with van der Waals surface area (Å²) in [7, 11) is 0. The Kier molecular flexibility index (Phi) is 8.57. The molecule has 0 saturated heterocycles. The quantitative estimate of drug-likeness (QED) is 0.440. The van der Waals surface area contributed by atoms with Crippen LogP contribution in [-0.4, -0.2) is 5.78 Å². The van der Waals surface area contributed by atoms with Gasteiger partial charge in [-0.05, 0) is 12.5 Å². The molecule has 0 aliphatic heterocycles. The number of halogens is 1. The number of carbonyl (C=O) groups excluding carboxylic acids is 1. The van der Waals surface area contributed by atoms with Crippen molar-refractivity contribution in [3.8, 4) is 0 Å². The maximum Gasteiger partial charge on any atom is 0.156 e. The smallest absolute Gasteiger partial charge is 0.156 e. The lowest BCUT2D eigenvalue weighted by molar-refractivity contribution is -0.114. The molecule has 1 nitrogen and oxygen atoms in total. The summed E-state index contributed by atoms with van der Waals surface area (Å²) in [6, 6.07) is 0. The van der Waals surface area contributed by atoms with Crippen LogP contribution in [0.15, 0.2) is 11.6 Å². The molecule has 0 spiro atoms. The van der Waals surface area contributed by atoms with Crippen molar-refractivity contribution in [2.45, 2.75) is 45.4 Å². The molecule has 0 rings (SSSR count). The second-order valence-electron chi connectivity index (χ2n) is 2.92. The first-order valence-electron chi connectivity index (χ1n) is 4.61. The van der Waals surface area contributed by atoms with E-state index in [0.717, 1.165) is 12.8 Å². The molecule has 2 heteroatoms. The molecule has 0 aromatic carbocycles. The Morgan fingerprint density at radius 1 is 1.25 bits per heavy atom. The van der Waals surface area contributed by atoms with Crippen LogP contribution >= 0.6 is 11.6 Å². The molecule has 0 unspecified atom stereocenters. The molecular formula is C10H17ClO. The number of unbranched alkanes of at least 4 members (excludes halogenated alkanes) is 4. The van der Waals surface area contributed by atoms with Gasteiger partial charge in [-0.3, -0.25) is 4.79 Å². The molecule has 0 saturated carbocycles. The fraction of sp³-hybridized carbons (Fsp3) is 0.700. The Bertz CT molecular complexity index is 141. The zero-order chi connectivity index (χ0) is 9.23. The second kappa shape index (κ2) is 8.79. The molecule has 0 amide bonds. The summed E-state index contributed by atoms with van der Waals surface area (Å²) < 4.78 is 0. The average molecular weight is 189 g/mol. The van der Waals surface area contributed by atoms with Crippen molar-refractivity contribution in [1.29, 1.82) is 0 Å². The van der Waals surface area contributed by atoms with Crippen LogP contribution in [0, 0.1) is 0 Å². The van der Waals surface area contributed by atoms with Crippen LogP contribution in [0.5, 0.6) is 0 Å². The summed E-state index contributed by atoms with van der Waals surface area (Å²) in [5.41, 5.74) is 1.29. The molecule has 0 atom stereocenters. The molecular weight excluding hydrogens is 172 g/mol. The fourth-order valence-corrected chi connectivity index (χ4v) is 1.20. The highest BCUT2D eigenvalue weighted by molar-refractivity contribution is 6.26. The number of rotatable bonds is 7. The summed E-state index contributed by atoms with van der Waals surface area (Å²) in [5, 5.41) is 0. The zero-order valence-corrected chi connectivity index (χ0v) is 8.44. The van der Waals surface area contributed by atoms with E-state index in [4.69, 9.17) is 11.6 Å². The summed E-state index contributed by atoms with van der Waals surface area (Å²) >= 11 is 5.26. The molecule has 0 N–H and O–H groups in total. The maximum absolute atomic E-state index is 10.9. The third kappa shape index (κ3) is 7.80. The predicted octanol–water partition coefficient (Wildman–Crippen LogP) is 3.67. The lowest BCUT2D eigenvalue weighted by Gasteiger charge is -1.96. The SMILES string of the molecule is CCCCCCCC(=O)C=CCl. The Balaban J connectivity index is 3.14. The van der Waals surface area contributed by atoms with E-state index in [-0.39, 0.29) is 5.78 Å². The van der Waals surface area contributed by atoms with E-state index >= 15 is 0 Å². The van der Waals surface area contributed by atoms with Crippen LogP contribution in [0.2, 0.25) is 0 Å². The third-order valence-electron chi connectivity index (χ3n) is 1.78. The van der Waals surface area contributed by atoms with Gasteiger partial charge >= 0.3 is 0 Å². The van der Waals surface area contributed by atoms with Gasteiger partial charge in [-0.1, -0.05) is 44.2 Å². The van der Waals surface area contributed by atoms with Crippen molar-refractivity contribution in [1.82, 2.24) is 0 Å². The van der Waals surface area contributed by atoms with Crippen LogP contribution in [0.4, 0.5) is 0 Å². The van der Waals surface area contributed by atoms with Gasteiger partial charge in [0.2, 0.25) is 0 Å². The van der Waals surface area contributed by atoms with Crippen molar-refractivity contribution in [2.24, 2.45) is 0 Å². The van der Waals surface area contributed by atoms with Gasteiger partial charge < -0.3 is 0 Å². The molecule has 0 aliphatic carbocycles. The van der Waals surface area contributed by atoms with E-state index in [1.54, 1.807) is 0 Å². The van der Waals surface area contributed by atoms with Crippen LogP contribution in [0.25, 0.3) is 0 Å². The first kappa shape index (κ1) is 11.7. The van der Waals surface area contributed by atoms with Crippen LogP contribution in [-0.2, 0) is 4.79 Å². The third-order valence-corrected chi connectivity index (χ3v) is 1.90. The van der Waals surface area contributed by atoms with Gasteiger partial charge in [-0.15, -0.1) is 0 Å². The number of ketones is 1. The molecule has 0 fully saturated rings. The molecule has 0 aromatic rings. The summed E-state index contributed by atoms with van der Waals surface area (Å²) in [6.07, 6.45) is 8.01. The highest BCUT2D eigenvalue weighted by Gasteiger charge is 1.95. The zero-order valence-electron chi connectivity index (χ0n) is 7.68. The number of hydrogen-bond acceptors (Lipinski definition) is 1. The first-order valence-corrected chi connectivity index (χ1v) is 5.04. The number of hydrogen-bond donors (Lipinski definition) is 0. The van der Waals surface area contributed by atoms with Gasteiger partial charge in [-0.2, -0.15) is 0 Å². The van der Waals surface area contributed by atoms with Gasteiger partial charge in [0.05, 0.1) is 0 Å². The lowest BCUT2D eigenvalue weighted by atomic mass is 10.1. The number of allylic oxidation sites excluding steroid dienone is 1. The minimum absolute atomic E-state index is 0.140. The van der Waals surface area contributed by atoms with Gasteiger partial charge in [0, 0.05) is 12.0 Å². The van der Waals surface area contributed by atoms with Gasteiger partial charge in [0.15, 0.2) is 5.78 Å². The second-order valence-corrected chi connectivity index (χ2v) is 3.18. The Morgan fingerprint density at radius 3 is 2.50 bits per heavy atom. The standard InChI is InChI=1S/C10H17ClO/c1-2-3-4-5-6-7-10(12)8-9-11/h8-9H,2-7H2,1H3. The monoisotopic (exact) mass is 188 g/mol. The van der Waals surface area contributed by atoms with Crippen LogP contribution < -0.4 is 0 Å². The molecule has 0 aliphatic rings. The maximum atomic E-state index is 10.9. The highest BCUT2D eigenvalue weighted by atomic mass is 35.5. The molecule has 12 heavy (non-hydrogen) atoms. The van der Waals surface area contributed by atoms with Gasteiger partial charge in [0.1, 0.15) is 0 Å². The van der Waals surface area contributed by atoms with Gasteiger partial charge in [-0.25, -0.2) is 0 Å². The van der Waals surface area contributed by atoms with Crippen molar-refractivity contribution in [3.63, 3.8) is 0 Å². The van der Waals surface area contributed by atoms with Crippen molar-refractivity contribution < 1.29 is 4.79 Å². The minimum atomic E-state index is 0.140. The Labute approximate surface area is 79.8 Å². The normalized spacial score (nSPS) is 10.8. The molecule has 0 heterocycles. The predicted molar refractivity (Wildman–Crippen MR) is 53.4 cm³/mol. The van der Waals surface area contributed by atoms with E-state index in [9.17, 15) is 4.79 Å². The first-order chi connectivity index (χ1) is 5.81.